The lowest BCUT2D eigenvalue weighted by Crippen LogP contribution is -2.30. The Kier molecular flexibility index (Phi) is 8.53. The molecule has 1 amide bonds. The van der Waals surface area contributed by atoms with Gasteiger partial charge in [0.15, 0.2) is 17.2 Å². The lowest BCUT2D eigenvalue weighted by atomic mass is 10.3. The van der Waals surface area contributed by atoms with Crippen molar-refractivity contribution in [3.63, 3.8) is 0 Å². The van der Waals surface area contributed by atoms with E-state index < -0.39 is 18.4 Å². The van der Waals surface area contributed by atoms with E-state index >= 15 is 0 Å². The first-order chi connectivity index (χ1) is 13.6. The van der Waals surface area contributed by atoms with E-state index in [1.165, 1.54) is 16.7 Å². The highest BCUT2D eigenvalue weighted by Crippen LogP contribution is 2.37. The molecule has 0 fully saturated rings. The molecular formula is C17H18ClF4N3O2S2. The van der Waals surface area contributed by atoms with E-state index in [-0.39, 0.29) is 29.5 Å². The fourth-order valence-electron chi connectivity index (χ4n) is 2.42. The van der Waals surface area contributed by atoms with Gasteiger partial charge < -0.3 is 10.1 Å². The van der Waals surface area contributed by atoms with Gasteiger partial charge in [-0.1, -0.05) is 22.9 Å². The van der Waals surface area contributed by atoms with Gasteiger partial charge in [-0.05, 0) is 25.2 Å². The number of anilines is 1. The fourth-order valence-corrected chi connectivity index (χ4v) is 4.67. The number of amides is 1. The number of hydrogen-bond donors (Lipinski definition) is 0. The molecule has 0 saturated carbocycles. The Morgan fingerprint density at radius 1 is 1.38 bits per heavy atom. The summed E-state index contributed by atoms with van der Waals surface area (Å²) >= 11 is 8.49. The first kappa shape index (κ1) is 23.7. The zero-order chi connectivity index (χ0) is 21.6. The predicted molar refractivity (Wildman–Crippen MR) is 107 cm³/mol. The zero-order valence-electron chi connectivity index (χ0n) is 15.3. The van der Waals surface area contributed by atoms with E-state index in [4.69, 9.17) is 11.6 Å². The molecule has 2 aromatic heterocycles. The number of alkyl halides is 3. The van der Waals surface area contributed by atoms with Crippen molar-refractivity contribution in [1.29, 1.82) is 0 Å². The van der Waals surface area contributed by atoms with Crippen LogP contribution in [0, 0.1) is 11.0 Å². The van der Waals surface area contributed by atoms with Crippen LogP contribution in [-0.4, -0.2) is 35.1 Å². The predicted octanol–water partition coefficient (Wildman–Crippen LogP) is 5.05. The summed E-state index contributed by atoms with van der Waals surface area (Å²) in [6, 6.07) is 1.14. The first-order valence-electron chi connectivity index (χ1n) is 8.61. The molecule has 2 aromatic rings. The Morgan fingerprint density at radius 3 is 2.72 bits per heavy atom. The van der Waals surface area contributed by atoms with Gasteiger partial charge in [0.1, 0.15) is 10.0 Å². The summed E-state index contributed by atoms with van der Waals surface area (Å²) < 4.78 is 50.1. The van der Waals surface area contributed by atoms with Crippen molar-refractivity contribution in [1.82, 2.24) is 4.98 Å². The topological polar surface area (TPSA) is 60.1 Å². The van der Waals surface area contributed by atoms with Gasteiger partial charge in [0.2, 0.25) is 12.1 Å². The van der Waals surface area contributed by atoms with Gasteiger partial charge in [-0.15, -0.1) is 0 Å². The minimum atomic E-state index is -4.16. The summed E-state index contributed by atoms with van der Waals surface area (Å²) in [6.45, 7) is 2.06. The SMILES string of the molecule is CCN(C(=O)CCSCCCC(F)(F)F)c1sc(-c2cc(F)c[n+]([O-])c2)nc1Cl. The lowest BCUT2D eigenvalue weighted by Gasteiger charge is -2.19. The number of carbonyl (C=O) groups excluding carboxylic acids is 1. The third-order valence-electron chi connectivity index (χ3n) is 3.70. The van der Waals surface area contributed by atoms with Gasteiger partial charge >= 0.3 is 6.18 Å². The number of aromatic nitrogens is 2. The van der Waals surface area contributed by atoms with Crippen LogP contribution in [0.3, 0.4) is 0 Å². The second-order valence-corrected chi connectivity index (χ2v) is 8.50. The van der Waals surface area contributed by atoms with Crippen LogP contribution in [0.15, 0.2) is 18.5 Å². The minimum absolute atomic E-state index is 0.0111. The van der Waals surface area contributed by atoms with Crippen molar-refractivity contribution in [2.45, 2.75) is 32.4 Å². The Balaban J connectivity index is 1.98. The molecular weight excluding hydrogens is 454 g/mol. The van der Waals surface area contributed by atoms with Gasteiger partial charge in [0.05, 0.1) is 5.56 Å². The van der Waals surface area contributed by atoms with Crippen LogP contribution in [0.2, 0.25) is 5.15 Å². The maximum atomic E-state index is 13.5. The summed E-state index contributed by atoms with van der Waals surface area (Å²) in [4.78, 5) is 18.1. The van der Waals surface area contributed by atoms with Gasteiger partial charge in [0.25, 0.3) is 0 Å². The van der Waals surface area contributed by atoms with E-state index in [1.807, 2.05) is 0 Å². The molecule has 0 radical (unpaired) electrons. The lowest BCUT2D eigenvalue weighted by molar-refractivity contribution is -0.606. The Morgan fingerprint density at radius 2 is 2.10 bits per heavy atom. The van der Waals surface area contributed by atoms with Gasteiger partial charge in [-0.25, -0.2) is 9.37 Å². The van der Waals surface area contributed by atoms with Gasteiger partial charge in [0, 0.05) is 25.1 Å². The van der Waals surface area contributed by atoms with E-state index in [1.54, 1.807) is 6.92 Å². The summed E-state index contributed by atoms with van der Waals surface area (Å²) in [5.41, 5.74) is 0.238. The number of carbonyl (C=O) groups is 1. The van der Waals surface area contributed by atoms with Crippen molar-refractivity contribution in [2.75, 3.05) is 23.0 Å². The highest BCUT2D eigenvalue weighted by atomic mass is 35.5. The number of thiazole rings is 1. The summed E-state index contributed by atoms with van der Waals surface area (Å²) in [6.07, 6.45) is -2.93. The molecule has 0 aliphatic rings. The second-order valence-electron chi connectivity index (χ2n) is 5.94. The van der Waals surface area contributed by atoms with E-state index in [0.29, 0.717) is 32.8 Å². The van der Waals surface area contributed by atoms with Crippen LogP contribution in [0.4, 0.5) is 22.6 Å². The third-order valence-corrected chi connectivity index (χ3v) is 6.27. The Labute approximate surface area is 178 Å². The number of pyridine rings is 1. The molecule has 12 heteroatoms. The normalized spacial score (nSPS) is 11.7. The summed E-state index contributed by atoms with van der Waals surface area (Å²) in [5, 5.41) is 12.1. The largest absolute Gasteiger partial charge is 0.619 e. The molecule has 0 atom stereocenters. The van der Waals surface area contributed by atoms with Crippen LogP contribution < -0.4 is 9.63 Å². The summed E-state index contributed by atoms with van der Waals surface area (Å²) in [5.74, 6) is -0.266. The molecule has 0 N–H and O–H groups in total. The van der Waals surface area contributed by atoms with Crippen LogP contribution >= 0.6 is 34.7 Å². The summed E-state index contributed by atoms with van der Waals surface area (Å²) in [7, 11) is 0. The van der Waals surface area contributed by atoms with E-state index in [9.17, 15) is 27.6 Å². The number of hydrogen-bond acceptors (Lipinski definition) is 5. The molecule has 0 unspecified atom stereocenters. The molecule has 0 aliphatic carbocycles. The van der Waals surface area contributed by atoms with Crippen LogP contribution in [0.5, 0.6) is 0 Å². The van der Waals surface area contributed by atoms with E-state index in [0.717, 1.165) is 29.8 Å². The van der Waals surface area contributed by atoms with Crippen molar-refractivity contribution in [2.24, 2.45) is 0 Å². The molecule has 0 aromatic carbocycles. The average molecular weight is 472 g/mol. The monoisotopic (exact) mass is 471 g/mol. The maximum absolute atomic E-state index is 13.5. The Bertz CT molecular complexity index is 828. The standard InChI is InChI=1S/C17H18ClF4N3O2S2/c1-2-25(13(26)4-7-28-6-3-5-17(20,21)22)16-14(18)23-15(29-16)11-8-12(19)10-24(27)9-11/h8-10H,2-7H2,1H3. The smallest absolute Gasteiger partial charge is 0.389 e. The minimum Gasteiger partial charge on any atom is -0.619 e. The molecule has 5 nitrogen and oxygen atoms in total. The van der Waals surface area contributed by atoms with Crippen molar-refractivity contribution >= 4 is 45.6 Å². The third kappa shape index (κ3) is 7.31. The fraction of sp³-hybridized carbons (Fsp3) is 0.471. The van der Waals surface area contributed by atoms with Crippen LogP contribution in [0.25, 0.3) is 10.6 Å². The molecule has 2 rings (SSSR count). The first-order valence-corrected chi connectivity index (χ1v) is 11.0. The van der Waals surface area contributed by atoms with Gasteiger partial charge in [-0.2, -0.15) is 29.7 Å². The quantitative estimate of drug-likeness (QED) is 0.222. The molecule has 0 saturated heterocycles. The molecule has 29 heavy (non-hydrogen) atoms. The number of nitrogens with zero attached hydrogens (tertiary/aromatic N) is 3. The highest BCUT2D eigenvalue weighted by Gasteiger charge is 2.26. The maximum Gasteiger partial charge on any atom is 0.389 e. The van der Waals surface area contributed by atoms with Crippen molar-refractivity contribution in [3.05, 3.63) is 34.6 Å². The Hall–Kier alpha value is -1.59. The second kappa shape index (κ2) is 10.4. The van der Waals surface area contributed by atoms with Crippen molar-refractivity contribution in [3.8, 4) is 10.6 Å². The van der Waals surface area contributed by atoms with Gasteiger partial charge in [-0.3, -0.25) is 4.79 Å². The molecule has 2 heterocycles. The highest BCUT2D eigenvalue weighted by molar-refractivity contribution is 7.99. The molecule has 160 valence electrons. The molecule has 0 spiro atoms. The average Bonchev–Trinajstić information content (AvgIpc) is 2.99. The van der Waals surface area contributed by atoms with E-state index in [2.05, 4.69) is 4.98 Å². The number of rotatable bonds is 9. The van der Waals surface area contributed by atoms with Crippen LogP contribution in [0.1, 0.15) is 26.2 Å². The molecule has 0 bridgehead atoms. The molecule has 0 aliphatic heterocycles. The number of thioether (sulfide) groups is 1. The number of halogens is 5. The van der Waals surface area contributed by atoms with Crippen LogP contribution in [-0.2, 0) is 4.79 Å². The van der Waals surface area contributed by atoms with Crippen molar-refractivity contribution < 1.29 is 27.1 Å². The zero-order valence-corrected chi connectivity index (χ0v) is 17.7.